The highest BCUT2D eigenvalue weighted by molar-refractivity contribution is 6.07. The van der Waals surface area contributed by atoms with Gasteiger partial charge in [0.15, 0.2) is 5.78 Å². The zero-order valence-electron chi connectivity index (χ0n) is 20.3. The molecule has 0 fully saturated rings. The van der Waals surface area contributed by atoms with Gasteiger partial charge in [0.1, 0.15) is 0 Å². The highest BCUT2D eigenvalue weighted by Gasteiger charge is 2.29. The Bertz CT molecular complexity index is 1420. The third-order valence-electron chi connectivity index (χ3n) is 6.90. The van der Waals surface area contributed by atoms with Crippen LogP contribution in [0.25, 0.3) is 10.9 Å². The number of para-hydroxylation sites is 1. The maximum Gasteiger partial charge on any atom is 0.254 e. The van der Waals surface area contributed by atoms with E-state index in [9.17, 15) is 14.4 Å². The van der Waals surface area contributed by atoms with Crippen LogP contribution in [0.3, 0.4) is 0 Å². The van der Waals surface area contributed by atoms with Crippen LogP contribution in [0.1, 0.15) is 51.1 Å². The summed E-state index contributed by atoms with van der Waals surface area (Å²) >= 11 is 0. The number of carbonyl (C=O) groups is 3. The normalized spacial score (nSPS) is 13.6. The van der Waals surface area contributed by atoms with Crippen molar-refractivity contribution in [1.82, 2.24) is 14.8 Å². The molecular weight excluding hydrogens is 450 g/mol. The van der Waals surface area contributed by atoms with E-state index in [2.05, 4.69) is 5.32 Å². The Morgan fingerprint density at radius 2 is 1.67 bits per heavy atom. The van der Waals surface area contributed by atoms with Gasteiger partial charge < -0.3 is 14.8 Å². The topological polar surface area (TPSA) is 71.4 Å². The van der Waals surface area contributed by atoms with Crippen molar-refractivity contribution in [2.45, 2.75) is 32.4 Å². The van der Waals surface area contributed by atoms with Gasteiger partial charge in [-0.3, -0.25) is 14.4 Å². The van der Waals surface area contributed by atoms with E-state index in [4.69, 9.17) is 0 Å². The predicted octanol–water partition coefficient (Wildman–Crippen LogP) is 4.79. The molecule has 0 bridgehead atoms. The summed E-state index contributed by atoms with van der Waals surface area (Å²) in [5, 5.41) is 3.99. The maximum absolute atomic E-state index is 12.9. The van der Waals surface area contributed by atoms with Crippen LogP contribution in [-0.4, -0.2) is 40.2 Å². The Labute approximate surface area is 210 Å². The molecule has 36 heavy (non-hydrogen) atoms. The number of nitrogens with one attached hydrogen (secondary N) is 1. The molecule has 0 unspecified atom stereocenters. The summed E-state index contributed by atoms with van der Waals surface area (Å²) in [6.45, 7) is 3.60. The van der Waals surface area contributed by atoms with Gasteiger partial charge in [0.2, 0.25) is 5.91 Å². The first-order chi connectivity index (χ1) is 17.5. The van der Waals surface area contributed by atoms with Crippen molar-refractivity contribution in [2.24, 2.45) is 0 Å². The molecule has 2 amide bonds. The van der Waals surface area contributed by atoms with Gasteiger partial charge in [0.25, 0.3) is 5.91 Å². The minimum atomic E-state index is -0.0610. The highest BCUT2D eigenvalue weighted by atomic mass is 16.2. The minimum absolute atomic E-state index is 0.0127. The number of hydrogen-bond donors (Lipinski definition) is 1. The number of ketones is 1. The first-order valence-corrected chi connectivity index (χ1v) is 12.3. The van der Waals surface area contributed by atoms with Crippen LogP contribution in [0, 0.1) is 0 Å². The molecule has 1 atom stereocenters. The number of rotatable bonds is 9. The van der Waals surface area contributed by atoms with Crippen LogP contribution < -0.4 is 5.32 Å². The number of benzene rings is 3. The summed E-state index contributed by atoms with van der Waals surface area (Å²) in [7, 11) is 0. The number of amides is 2. The van der Waals surface area contributed by atoms with Crippen LogP contribution in [0.4, 0.5) is 0 Å². The third kappa shape index (κ3) is 4.80. The largest absolute Gasteiger partial charge is 0.355 e. The first-order valence-electron chi connectivity index (χ1n) is 12.3. The van der Waals surface area contributed by atoms with Crippen LogP contribution >= 0.6 is 0 Å². The van der Waals surface area contributed by atoms with Crippen molar-refractivity contribution in [3.63, 3.8) is 0 Å². The summed E-state index contributed by atoms with van der Waals surface area (Å²) in [6.07, 6.45) is 2.13. The van der Waals surface area contributed by atoms with Crippen molar-refractivity contribution in [3.05, 3.63) is 107 Å². The molecule has 1 aromatic heterocycles. The van der Waals surface area contributed by atoms with E-state index in [0.717, 1.165) is 27.6 Å². The Hall–Kier alpha value is -4.19. The Morgan fingerprint density at radius 1 is 0.944 bits per heavy atom. The van der Waals surface area contributed by atoms with Gasteiger partial charge in [-0.25, -0.2) is 0 Å². The van der Waals surface area contributed by atoms with E-state index in [1.807, 2.05) is 94.5 Å². The number of fused-ring (bicyclic) bond motifs is 2. The molecule has 5 rings (SSSR count). The molecule has 0 aliphatic carbocycles. The lowest BCUT2D eigenvalue weighted by Gasteiger charge is -2.24. The van der Waals surface area contributed by atoms with Crippen molar-refractivity contribution < 1.29 is 14.4 Å². The van der Waals surface area contributed by atoms with Gasteiger partial charge >= 0.3 is 0 Å². The monoisotopic (exact) mass is 479 g/mol. The molecule has 6 nitrogen and oxygen atoms in total. The molecule has 2 heterocycles. The van der Waals surface area contributed by atoms with E-state index < -0.39 is 0 Å². The average Bonchev–Trinajstić information content (AvgIpc) is 3.43. The van der Waals surface area contributed by atoms with Gasteiger partial charge in [0, 0.05) is 66.7 Å². The molecule has 0 saturated heterocycles. The summed E-state index contributed by atoms with van der Waals surface area (Å²) in [4.78, 5) is 39.7. The fourth-order valence-corrected chi connectivity index (χ4v) is 5.00. The van der Waals surface area contributed by atoms with Gasteiger partial charge in [-0.15, -0.1) is 0 Å². The summed E-state index contributed by atoms with van der Waals surface area (Å²) in [6, 6.07) is 25.5. The zero-order chi connectivity index (χ0) is 25.1. The van der Waals surface area contributed by atoms with Crippen LogP contribution in [0.2, 0.25) is 0 Å². The van der Waals surface area contributed by atoms with E-state index in [1.54, 1.807) is 6.92 Å². The van der Waals surface area contributed by atoms with Crippen LogP contribution in [0.15, 0.2) is 85.1 Å². The average molecular weight is 480 g/mol. The molecule has 6 heteroatoms. The molecule has 0 radical (unpaired) electrons. The van der Waals surface area contributed by atoms with Gasteiger partial charge in [0.05, 0.1) is 0 Å². The zero-order valence-corrected chi connectivity index (χ0v) is 20.3. The Kier molecular flexibility index (Phi) is 6.67. The lowest BCUT2D eigenvalue weighted by molar-refractivity contribution is -0.121. The van der Waals surface area contributed by atoms with Gasteiger partial charge in [-0.1, -0.05) is 66.7 Å². The van der Waals surface area contributed by atoms with Gasteiger partial charge in [-0.05, 0) is 30.2 Å². The molecular formula is C30H29N3O3. The minimum Gasteiger partial charge on any atom is -0.355 e. The summed E-state index contributed by atoms with van der Waals surface area (Å²) in [5.74, 6) is -0.0309. The maximum atomic E-state index is 12.9. The van der Waals surface area contributed by atoms with Crippen molar-refractivity contribution in [2.75, 3.05) is 13.1 Å². The molecule has 0 saturated carbocycles. The van der Waals surface area contributed by atoms with Crippen molar-refractivity contribution in [3.8, 4) is 0 Å². The number of aromatic nitrogens is 1. The van der Waals surface area contributed by atoms with E-state index >= 15 is 0 Å². The number of Topliss-reactive ketones (excluding diaryl/α,β-unsaturated/α-hetero) is 1. The fourth-order valence-electron chi connectivity index (χ4n) is 5.00. The lowest BCUT2D eigenvalue weighted by atomic mass is 9.98. The van der Waals surface area contributed by atoms with Crippen molar-refractivity contribution in [1.29, 1.82) is 0 Å². The summed E-state index contributed by atoms with van der Waals surface area (Å²) in [5.41, 5.74) is 4.51. The molecule has 3 aromatic carbocycles. The first kappa shape index (κ1) is 23.5. The van der Waals surface area contributed by atoms with E-state index in [1.165, 1.54) is 0 Å². The number of nitrogens with zero attached hydrogens (tertiary/aromatic N) is 2. The molecule has 1 N–H and O–H groups in total. The van der Waals surface area contributed by atoms with Gasteiger partial charge in [-0.2, -0.15) is 0 Å². The molecule has 1 aliphatic rings. The second kappa shape index (κ2) is 10.2. The fraction of sp³-hybridized carbons (Fsp3) is 0.233. The standard InChI is InChI=1S/C30H29N3O3/c1-21(34)27-20-32(28-14-8-7-13-26(27)28)16-15-29(35)31-17-24(22-9-3-2-4-10-22)19-33-18-23-11-5-6-12-25(23)30(33)36/h2-14,20,24H,15-19H2,1H3,(H,31,35)/t24-/m0/s1. The van der Waals surface area contributed by atoms with Crippen LogP contribution in [0.5, 0.6) is 0 Å². The molecule has 0 spiro atoms. The van der Waals surface area contributed by atoms with Crippen molar-refractivity contribution >= 4 is 28.5 Å². The highest BCUT2D eigenvalue weighted by Crippen LogP contribution is 2.26. The van der Waals surface area contributed by atoms with E-state index in [0.29, 0.717) is 38.2 Å². The smallest absolute Gasteiger partial charge is 0.254 e. The SMILES string of the molecule is CC(=O)c1cn(CCC(=O)NC[C@@H](CN2Cc3ccccc3C2=O)c2ccccc2)c2ccccc12. The molecule has 4 aromatic rings. The second-order valence-electron chi connectivity index (χ2n) is 9.31. The Balaban J connectivity index is 1.24. The second-order valence-corrected chi connectivity index (χ2v) is 9.31. The third-order valence-corrected chi connectivity index (χ3v) is 6.90. The van der Waals surface area contributed by atoms with Crippen LogP contribution in [-0.2, 0) is 17.9 Å². The number of hydrogen-bond acceptors (Lipinski definition) is 3. The lowest BCUT2D eigenvalue weighted by Crippen LogP contribution is -2.36. The number of carbonyl (C=O) groups excluding carboxylic acids is 3. The summed E-state index contributed by atoms with van der Waals surface area (Å²) < 4.78 is 1.97. The molecule has 182 valence electrons. The van der Waals surface area contributed by atoms with E-state index in [-0.39, 0.29) is 23.5 Å². The quantitative estimate of drug-likeness (QED) is 0.351. The number of aryl methyl sites for hydroxylation is 1. The molecule has 1 aliphatic heterocycles. The predicted molar refractivity (Wildman–Crippen MR) is 140 cm³/mol. The Morgan fingerprint density at radius 3 is 2.44 bits per heavy atom.